The fraction of sp³-hybridized carbons (Fsp3) is 0.269. The van der Waals surface area contributed by atoms with Gasteiger partial charge in [0, 0.05) is 50.5 Å². The zero-order valence-electron chi connectivity index (χ0n) is 20.3. The molecular weight excluding hydrogens is 496 g/mol. The van der Waals surface area contributed by atoms with E-state index in [4.69, 9.17) is 0 Å². The highest BCUT2D eigenvalue weighted by atomic mass is 32.2. The maximum absolute atomic E-state index is 13.3. The van der Waals surface area contributed by atoms with E-state index in [1.165, 1.54) is 47.5 Å². The van der Waals surface area contributed by atoms with Gasteiger partial charge in [-0.1, -0.05) is 30.3 Å². The average molecular weight is 525 g/mol. The van der Waals surface area contributed by atoms with Crippen molar-refractivity contribution in [2.24, 2.45) is 0 Å². The summed E-state index contributed by atoms with van der Waals surface area (Å²) in [5, 5.41) is 21.4. The highest BCUT2D eigenvalue weighted by Gasteiger charge is 2.24. The van der Waals surface area contributed by atoms with Gasteiger partial charge >= 0.3 is 0 Å². The van der Waals surface area contributed by atoms with Crippen molar-refractivity contribution < 1.29 is 23.2 Å². The largest absolute Gasteiger partial charge is 0.507 e. The van der Waals surface area contributed by atoms with E-state index >= 15 is 0 Å². The quantitative estimate of drug-likeness (QED) is 0.273. The van der Waals surface area contributed by atoms with E-state index in [0.717, 1.165) is 25.6 Å². The number of non-ortho nitro benzene ring substituents is 1. The Morgan fingerprint density at radius 2 is 1.81 bits per heavy atom. The van der Waals surface area contributed by atoms with Crippen LogP contribution in [0.2, 0.25) is 0 Å². The molecule has 0 spiro atoms. The minimum absolute atomic E-state index is 0.0217. The maximum atomic E-state index is 13.3. The van der Waals surface area contributed by atoms with Gasteiger partial charge in [0.15, 0.2) is 0 Å². The van der Waals surface area contributed by atoms with Gasteiger partial charge in [-0.05, 0) is 48.7 Å². The number of hydrogen-bond acceptors (Lipinski definition) is 7. The van der Waals surface area contributed by atoms with Crippen molar-refractivity contribution in [3.63, 3.8) is 0 Å². The molecule has 2 N–H and O–H groups in total. The Morgan fingerprint density at radius 3 is 2.57 bits per heavy atom. The number of carbonyl (C=O) groups excluding carboxylic acids is 1. The van der Waals surface area contributed by atoms with Crippen LogP contribution in [0.1, 0.15) is 27.9 Å². The number of benzene rings is 3. The first-order chi connectivity index (χ1) is 17.6. The summed E-state index contributed by atoms with van der Waals surface area (Å²) >= 11 is 0. The van der Waals surface area contributed by atoms with Crippen LogP contribution in [0.4, 0.5) is 11.4 Å². The van der Waals surface area contributed by atoms with Crippen LogP contribution in [0, 0.1) is 17.0 Å². The van der Waals surface area contributed by atoms with Crippen LogP contribution in [0.5, 0.6) is 5.75 Å². The number of amides is 1. The molecule has 37 heavy (non-hydrogen) atoms. The summed E-state index contributed by atoms with van der Waals surface area (Å²) in [7, 11) is -4.16. The Morgan fingerprint density at radius 1 is 1.03 bits per heavy atom. The van der Waals surface area contributed by atoms with E-state index in [1.54, 1.807) is 4.90 Å². The first kappa shape index (κ1) is 26.1. The Labute approximate surface area is 215 Å². The number of phenols is 1. The summed E-state index contributed by atoms with van der Waals surface area (Å²) in [4.78, 5) is 27.3. The van der Waals surface area contributed by atoms with Gasteiger partial charge in [0.05, 0.1) is 15.4 Å². The molecule has 0 unspecified atom stereocenters. The molecule has 0 radical (unpaired) electrons. The Hall–Kier alpha value is -3.96. The third kappa shape index (κ3) is 6.25. The van der Waals surface area contributed by atoms with Gasteiger partial charge in [-0.2, -0.15) is 0 Å². The maximum Gasteiger partial charge on any atom is 0.270 e. The minimum atomic E-state index is -4.16. The third-order valence-electron chi connectivity index (χ3n) is 6.35. The second-order valence-corrected chi connectivity index (χ2v) is 10.6. The molecular formula is C26H28N4O6S. The minimum Gasteiger partial charge on any atom is -0.507 e. The lowest BCUT2D eigenvalue weighted by molar-refractivity contribution is -0.385. The van der Waals surface area contributed by atoms with Crippen LogP contribution in [0.25, 0.3) is 0 Å². The van der Waals surface area contributed by atoms with Gasteiger partial charge < -0.3 is 10.0 Å². The second-order valence-electron chi connectivity index (χ2n) is 8.94. The Kier molecular flexibility index (Phi) is 7.74. The van der Waals surface area contributed by atoms with Gasteiger partial charge in [0.2, 0.25) is 0 Å². The fourth-order valence-corrected chi connectivity index (χ4v) is 5.37. The normalized spacial score (nSPS) is 14.7. The van der Waals surface area contributed by atoms with Crippen LogP contribution in [-0.4, -0.2) is 60.3 Å². The van der Waals surface area contributed by atoms with Crippen LogP contribution < -0.4 is 4.72 Å². The monoisotopic (exact) mass is 524 g/mol. The Balaban J connectivity index is 1.47. The van der Waals surface area contributed by atoms with Crippen LogP contribution in [-0.2, 0) is 16.6 Å². The number of hydrogen-bond donors (Lipinski definition) is 2. The van der Waals surface area contributed by atoms with Crippen molar-refractivity contribution in [1.29, 1.82) is 0 Å². The van der Waals surface area contributed by atoms with E-state index in [9.17, 15) is 28.4 Å². The molecule has 1 aliphatic heterocycles. The molecule has 10 nitrogen and oxygen atoms in total. The van der Waals surface area contributed by atoms with Crippen molar-refractivity contribution >= 4 is 27.3 Å². The number of carbonyl (C=O) groups is 1. The highest BCUT2D eigenvalue weighted by Crippen LogP contribution is 2.26. The predicted octanol–water partition coefficient (Wildman–Crippen LogP) is 3.76. The lowest BCUT2D eigenvalue weighted by Crippen LogP contribution is -2.35. The third-order valence-corrected chi connectivity index (χ3v) is 7.73. The first-order valence-electron chi connectivity index (χ1n) is 11.8. The summed E-state index contributed by atoms with van der Waals surface area (Å²) < 4.78 is 27.9. The molecule has 3 aromatic rings. The molecule has 1 fully saturated rings. The summed E-state index contributed by atoms with van der Waals surface area (Å²) in [5.41, 5.74) is 2.13. The molecule has 11 heteroatoms. The van der Waals surface area contributed by atoms with E-state index in [-0.39, 0.29) is 27.6 Å². The summed E-state index contributed by atoms with van der Waals surface area (Å²) in [6.07, 6.45) is 0.761. The summed E-state index contributed by atoms with van der Waals surface area (Å²) in [5.74, 6) is -0.657. The molecule has 0 aliphatic carbocycles. The van der Waals surface area contributed by atoms with Gasteiger partial charge in [0.25, 0.3) is 21.6 Å². The fourth-order valence-electron chi connectivity index (χ4n) is 4.28. The SMILES string of the molecule is Cc1ccccc1CN1CCCN(C(=O)c2cc(NS(=O)(=O)c3cccc([N+](=O)[O-])c3)ccc2O)CC1. The van der Waals surface area contributed by atoms with Gasteiger partial charge in [-0.15, -0.1) is 0 Å². The molecule has 0 saturated carbocycles. The van der Waals surface area contributed by atoms with Crippen molar-refractivity contribution in [3.8, 4) is 5.75 Å². The standard InChI is InChI=1S/C26H28N4O6S/c1-19-6-2-3-7-20(19)18-28-12-5-13-29(15-14-28)26(32)24-16-21(10-11-25(24)31)27-37(35,36)23-9-4-8-22(17-23)30(33)34/h2-4,6-11,16-17,27,31H,5,12-15,18H2,1H3. The number of nitro benzene ring substituents is 1. The first-order valence-corrected chi connectivity index (χ1v) is 13.3. The van der Waals surface area contributed by atoms with Crippen molar-refractivity contribution in [2.45, 2.75) is 24.8 Å². The highest BCUT2D eigenvalue weighted by molar-refractivity contribution is 7.92. The number of nitrogens with one attached hydrogen (secondary N) is 1. The number of aromatic hydroxyl groups is 1. The lowest BCUT2D eigenvalue weighted by atomic mass is 10.1. The van der Waals surface area contributed by atoms with Crippen molar-refractivity contribution in [2.75, 3.05) is 30.9 Å². The number of sulfonamides is 1. The molecule has 1 saturated heterocycles. The molecule has 0 atom stereocenters. The molecule has 0 aromatic heterocycles. The summed E-state index contributed by atoms with van der Waals surface area (Å²) in [6.45, 7) is 5.33. The molecule has 1 aliphatic rings. The Bertz CT molecular complexity index is 1430. The topological polar surface area (TPSA) is 133 Å². The number of phenolic OH excluding ortho intramolecular Hbond substituents is 1. The van der Waals surface area contributed by atoms with E-state index in [2.05, 4.69) is 28.7 Å². The number of nitrogens with zero attached hydrogens (tertiary/aromatic N) is 3. The molecule has 0 bridgehead atoms. The zero-order chi connectivity index (χ0) is 26.6. The van der Waals surface area contributed by atoms with Crippen molar-refractivity contribution in [1.82, 2.24) is 9.80 Å². The van der Waals surface area contributed by atoms with Crippen molar-refractivity contribution in [3.05, 3.63) is 93.5 Å². The number of anilines is 1. The van der Waals surface area contributed by atoms with Crippen LogP contribution >= 0.6 is 0 Å². The second kappa shape index (κ2) is 11.0. The van der Waals surface area contributed by atoms with E-state index in [0.29, 0.717) is 19.6 Å². The molecule has 1 amide bonds. The van der Waals surface area contributed by atoms with Crippen LogP contribution in [0.3, 0.4) is 0 Å². The smallest absolute Gasteiger partial charge is 0.270 e. The molecule has 4 rings (SSSR count). The number of aryl methyl sites for hydroxylation is 1. The van der Waals surface area contributed by atoms with Crippen LogP contribution in [0.15, 0.2) is 71.6 Å². The summed E-state index contributed by atoms with van der Waals surface area (Å²) in [6, 6.07) is 16.7. The van der Waals surface area contributed by atoms with Gasteiger partial charge in [0.1, 0.15) is 5.75 Å². The van der Waals surface area contributed by atoms with Gasteiger partial charge in [-0.25, -0.2) is 8.42 Å². The molecule has 194 valence electrons. The molecule has 1 heterocycles. The van der Waals surface area contributed by atoms with E-state index < -0.39 is 20.9 Å². The number of rotatable bonds is 7. The predicted molar refractivity (Wildman–Crippen MR) is 139 cm³/mol. The van der Waals surface area contributed by atoms with E-state index in [1.807, 2.05) is 12.1 Å². The van der Waals surface area contributed by atoms with Gasteiger partial charge in [-0.3, -0.25) is 24.5 Å². The average Bonchev–Trinajstić information content (AvgIpc) is 3.12. The lowest BCUT2D eigenvalue weighted by Gasteiger charge is -2.23. The zero-order valence-corrected chi connectivity index (χ0v) is 21.1. The molecule has 3 aromatic carbocycles. The number of nitro groups is 1.